The first-order valence-corrected chi connectivity index (χ1v) is 13.7. The Hall–Kier alpha value is -4.19. The van der Waals surface area contributed by atoms with E-state index in [1.54, 1.807) is 6.07 Å². The van der Waals surface area contributed by atoms with Crippen molar-refractivity contribution in [1.29, 1.82) is 0 Å². The van der Waals surface area contributed by atoms with Crippen LogP contribution in [0.5, 0.6) is 11.5 Å². The molecule has 0 saturated carbocycles. The van der Waals surface area contributed by atoms with Crippen molar-refractivity contribution in [2.24, 2.45) is 0 Å². The van der Waals surface area contributed by atoms with Crippen LogP contribution >= 0.6 is 0 Å². The van der Waals surface area contributed by atoms with Gasteiger partial charge in [0.1, 0.15) is 23.4 Å². The second-order valence-corrected chi connectivity index (χ2v) is 10.9. The third kappa shape index (κ3) is 4.72. The van der Waals surface area contributed by atoms with Gasteiger partial charge < -0.3 is 14.2 Å². The van der Waals surface area contributed by atoms with Crippen LogP contribution in [0.3, 0.4) is 0 Å². The zero-order valence-electron chi connectivity index (χ0n) is 23.2. The molecule has 40 heavy (non-hydrogen) atoms. The van der Waals surface area contributed by atoms with Crippen molar-refractivity contribution in [2.45, 2.75) is 52.1 Å². The third-order valence-electron chi connectivity index (χ3n) is 8.08. The predicted octanol–water partition coefficient (Wildman–Crippen LogP) is 7.59. The van der Waals surface area contributed by atoms with E-state index in [9.17, 15) is 4.79 Å². The number of rotatable bonds is 6. The normalized spacial score (nSPS) is 17.2. The standard InChI is InChI=1S/C34H32FNO4/c1-19-11-23(17-36-16-19)22-12-20(2)33(21(3)13-22)27-7-9-29(35)34-28(27)8-10-30(34)40-25-5-6-26-24(14-32(37)38-4)18-39-31(26)15-25/h5-7,9,11-13,15-17,24,30H,8,10,14,18H2,1-4H3. The molecule has 2 aliphatic rings. The lowest BCUT2D eigenvalue weighted by Crippen LogP contribution is -2.09. The van der Waals surface area contributed by atoms with E-state index >= 15 is 4.39 Å². The molecule has 0 amide bonds. The van der Waals surface area contributed by atoms with Crippen LogP contribution in [0.15, 0.2) is 60.9 Å². The van der Waals surface area contributed by atoms with Crippen LogP contribution in [-0.4, -0.2) is 24.7 Å². The molecule has 6 heteroatoms. The minimum atomic E-state index is -0.390. The first-order valence-electron chi connectivity index (χ1n) is 13.7. The van der Waals surface area contributed by atoms with Gasteiger partial charge in [0.15, 0.2) is 0 Å². The maximum Gasteiger partial charge on any atom is 0.306 e. The number of ether oxygens (including phenoxy) is 3. The number of pyridine rings is 1. The maximum absolute atomic E-state index is 15.3. The third-order valence-corrected chi connectivity index (χ3v) is 8.08. The highest BCUT2D eigenvalue weighted by molar-refractivity contribution is 5.79. The molecule has 4 aromatic rings. The Labute approximate surface area is 233 Å². The van der Waals surface area contributed by atoms with Gasteiger partial charge in [-0.3, -0.25) is 9.78 Å². The van der Waals surface area contributed by atoms with Crippen LogP contribution in [-0.2, 0) is 16.0 Å². The largest absolute Gasteiger partial charge is 0.492 e. The van der Waals surface area contributed by atoms with Gasteiger partial charge >= 0.3 is 5.97 Å². The Morgan fingerprint density at radius 1 is 1.02 bits per heavy atom. The van der Waals surface area contributed by atoms with Gasteiger partial charge in [0, 0.05) is 41.1 Å². The summed E-state index contributed by atoms with van der Waals surface area (Å²) in [7, 11) is 1.39. The van der Waals surface area contributed by atoms with Gasteiger partial charge in [-0.25, -0.2) is 4.39 Å². The number of aryl methyl sites for hydroxylation is 3. The van der Waals surface area contributed by atoms with Crippen molar-refractivity contribution < 1.29 is 23.4 Å². The highest BCUT2D eigenvalue weighted by atomic mass is 19.1. The summed E-state index contributed by atoms with van der Waals surface area (Å²) in [6, 6.07) is 15.7. The lowest BCUT2D eigenvalue weighted by atomic mass is 9.88. The number of halogens is 1. The highest BCUT2D eigenvalue weighted by Crippen LogP contribution is 2.45. The van der Waals surface area contributed by atoms with Gasteiger partial charge in [0.25, 0.3) is 0 Å². The van der Waals surface area contributed by atoms with E-state index in [0.717, 1.165) is 56.5 Å². The van der Waals surface area contributed by atoms with Gasteiger partial charge in [-0.05, 0) is 90.8 Å². The number of carbonyl (C=O) groups excluding carboxylic acids is 1. The fourth-order valence-corrected chi connectivity index (χ4v) is 6.24. The molecule has 0 saturated heterocycles. The summed E-state index contributed by atoms with van der Waals surface area (Å²) in [5.74, 6) is 0.791. The van der Waals surface area contributed by atoms with Crippen LogP contribution in [0.1, 0.15) is 58.2 Å². The topological polar surface area (TPSA) is 57.7 Å². The van der Waals surface area contributed by atoms with E-state index in [-0.39, 0.29) is 24.1 Å². The summed E-state index contributed by atoms with van der Waals surface area (Å²) in [6.45, 7) is 6.70. The van der Waals surface area contributed by atoms with Crippen molar-refractivity contribution in [2.75, 3.05) is 13.7 Å². The number of benzene rings is 3. The Morgan fingerprint density at radius 3 is 2.58 bits per heavy atom. The lowest BCUT2D eigenvalue weighted by Gasteiger charge is -2.19. The monoisotopic (exact) mass is 537 g/mol. The van der Waals surface area contributed by atoms with Crippen molar-refractivity contribution in [1.82, 2.24) is 4.98 Å². The van der Waals surface area contributed by atoms with E-state index in [1.165, 1.54) is 7.11 Å². The molecule has 204 valence electrons. The molecule has 1 aliphatic carbocycles. The summed E-state index contributed by atoms with van der Waals surface area (Å²) in [5, 5.41) is 0. The number of hydrogen-bond donors (Lipinski definition) is 0. The van der Waals surface area contributed by atoms with Gasteiger partial charge in [0.05, 0.1) is 20.1 Å². The molecule has 0 bridgehead atoms. The van der Waals surface area contributed by atoms with Gasteiger partial charge in [-0.1, -0.05) is 24.3 Å². The fourth-order valence-electron chi connectivity index (χ4n) is 6.24. The predicted molar refractivity (Wildman–Crippen MR) is 152 cm³/mol. The lowest BCUT2D eigenvalue weighted by molar-refractivity contribution is -0.141. The molecular weight excluding hydrogens is 505 g/mol. The minimum Gasteiger partial charge on any atom is -0.492 e. The van der Waals surface area contributed by atoms with E-state index in [4.69, 9.17) is 14.2 Å². The van der Waals surface area contributed by atoms with Gasteiger partial charge in [-0.2, -0.15) is 0 Å². The molecule has 0 radical (unpaired) electrons. The fraction of sp³-hybridized carbons (Fsp3) is 0.294. The maximum atomic E-state index is 15.3. The van der Waals surface area contributed by atoms with Crippen LogP contribution in [0.4, 0.5) is 4.39 Å². The second-order valence-electron chi connectivity index (χ2n) is 10.9. The number of fused-ring (bicyclic) bond motifs is 2. The van der Waals surface area contributed by atoms with E-state index in [2.05, 4.69) is 37.0 Å². The van der Waals surface area contributed by atoms with E-state index in [0.29, 0.717) is 30.1 Å². The highest BCUT2D eigenvalue weighted by Gasteiger charge is 2.32. The molecule has 2 heterocycles. The zero-order valence-corrected chi connectivity index (χ0v) is 23.2. The molecule has 0 spiro atoms. The van der Waals surface area contributed by atoms with Crippen molar-refractivity contribution in [3.8, 4) is 33.8 Å². The summed E-state index contributed by atoms with van der Waals surface area (Å²) in [5.41, 5.74) is 10.4. The first-order chi connectivity index (χ1) is 19.3. The van der Waals surface area contributed by atoms with E-state index in [1.807, 2.05) is 43.6 Å². The van der Waals surface area contributed by atoms with Crippen molar-refractivity contribution in [3.63, 3.8) is 0 Å². The summed E-state index contributed by atoms with van der Waals surface area (Å²) >= 11 is 0. The van der Waals surface area contributed by atoms with E-state index < -0.39 is 6.10 Å². The number of hydrogen-bond acceptors (Lipinski definition) is 5. The number of methoxy groups -OCH3 is 1. The van der Waals surface area contributed by atoms with Crippen molar-refractivity contribution >= 4 is 5.97 Å². The Bertz CT molecular complexity index is 1610. The van der Waals surface area contributed by atoms with Gasteiger partial charge in [-0.15, -0.1) is 0 Å². The van der Waals surface area contributed by atoms with Crippen LogP contribution < -0.4 is 9.47 Å². The molecule has 2 unspecified atom stereocenters. The van der Waals surface area contributed by atoms with Crippen LogP contribution in [0, 0.1) is 26.6 Å². The molecular formula is C34H32FNO4. The summed E-state index contributed by atoms with van der Waals surface area (Å²) in [6.07, 6.45) is 5.06. The summed E-state index contributed by atoms with van der Waals surface area (Å²) in [4.78, 5) is 16.1. The molecule has 1 aliphatic heterocycles. The first kappa shape index (κ1) is 26.1. The smallest absolute Gasteiger partial charge is 0.306 e. The second kappa shape index (κ2) is 10.4. The van der Waals surface area contributed by atoms with Crippen LogP contribution in [0.2, 0.25) is 0 Å². The Kier molecular flexibility index (Phi) is 6.78. The Morgan fingerprint density at radius 2 is 1.82 bits per heavy atom. The quantitative estimate of drug-likeness (QED) is 0.237. The van der Waals surface area contributed by atoms with Gasteiger partial charge in [0.2, 0.25) is 0 Å². The molecule has 5 nitrogen and oxygen atoms in total. The number of aromatic nitrogens is 1. The van der Waals surface area contributed by atoms with Crippen molar-refractivity contribution in [3.05, 3.63) is 100 Å². The number of esters is 1. The molecule has 0 fully saturated rings. The minimum absolute atomic E-state index is 0.0382. The molecule has 3 aromatic carbocycles. The SMILES string of the molecule is COC(=O)CC1COc2cc(OC3CCc4c(-c5c(C)cc(-c6cncc(C)c6)cc5C)ccc(F)c43)ccc21. The number of nitrogens with zero attached hydrogens (tertiary/aromatic N) is 1. The molecule has 1 aromatic heterocycles. The van der Waals surface area contributed by atoms with Crippen LogP contribution in [0.25, 0.3) is 22.3 Å². The number of carbonyl (C=O) groups is 1. The Balaban J connectivity index is 1.29. The average Bonchev–Trinajstić information content (AvgIpc) is 3.54. The average molecular weight is 538 g/mol. The summed E-state index contributed by atoms with van der Waals surface area (Å²) < 4.78 is 32.4. The molecule has 6 rings (SSSR count). The molecule has 2 atom stereocenters. The molecule has 0 N–H and O–H groups in total. The zero-order chi connectivity index (χ0) is 28.0.